The average molecular weight is 497 g/mol. The molecule has 0 spiro atoms. The van der Waals surface area contributed by atoms with E-state index in [0.29, 0.717) is 56.9 Å². The lowest BCUT2D eigenvalue weighted by Gasteiger charge is -2.37. The van der Waals surface area contributed by atoms with Crippen molar-refractivity contribution < 1.29 is 32.2 Å². The highest BCUT2D eigenvalue weighted by Crippen LogP contribution is 2.50. The fourth-order valence-corrected chi connectivity index (χ4v) is 6.46. The van der Waals surface area contributed by atoms with E-state index in [2.05, 4.69) is 10.3 Å². The lowest BCUT2D eigenvalue weighted by atomic mass is 9.78. The normalized spacial score (nSPS) is 32.9. The highest BCUT2D eigenvalue weighted by molar-refractivity contribution is 5.85. The Morgan fingerprint density at radius 2 is 2.23 bits per heavy atom. The van der Waals surface area contributed by atoms with Gasteiger partial charge in [-0.3, -0.25) is 14.6 Å². The van der Waals surface area contributed by atoms with Crippen molar-refractivity contribution in [3.8, 4) is 0 Å². The first-order chi connectivity index (χ1) is 16.7. The van der Waals surface area contributed by atoms with Crippen molar-refractivity contribution in [3.63, 3.8) is 0 Å². The van der Waals surface area contributed by atoms with E-state index >= 15 is 0 Å². The zero-order valence-electron chi connectivity index (χ0n) is 19.7. The third-order valence-corrected chi connectivity index (χ3v) is 8.19. The van der Waals surface area contributed by atoms with Gasteiger partial charge in [0, 0.05) is 70.3 Å². The lowest BCUT2D eigenvalue weighted by molar-refractivity contribution is -0.144. The van der Waals surface area contributed by atoms with Gasteiger partial charge in [0.05, 0.1) is 23.7 Å². The second kappa shape index (κ2) is 9.33. The van der Waals surface area contributed by atoms with Gasteiger partial charge in [0.1, 0.15) is 0 Å². The summed E-state index contributed by atoms with van der Waals surface area (Å²) in [4.78, 5) is 32.9. The Hall–Kier alpha value is -2.24. The molecule has 8 nitrogen and oxygen atoms in total. The number of fused-ring (bicyclic) bond motifs is 2. The van der Waals surface area contributed by atoms with Crippen LogP contribution in [-0.2, 0) is 38.2 Å². The number of aromatic nitrogens is 1. The minimum atomic E-state index is -4.48. The second-order valence-electron chi connectivity index (χ2n) is 10.2. The molecule has 1 saturated carbocycles. The number of pyridine rings is 1. The van der Waals surface area contributed by atoms with Crippen LogP contribution in [0.15, 0.2) is 12.3 Å². The molecule has 35 heavy (non-hydrogen) atoms. The number of alkyl halides is 3. The maximum absolute atomic E-state index is 14.0. The quantitative estimate of drug-likeness (QED) is 0.624. The maximum Gasteiger partial charge on any atom is 0.417 e. The van der Waals surface area contributed by atoms with Gasteiger partial charge in [-0.2, -0.15) is 13.2 Å². The molecule has 3 aliphatic heterocycles. The number of carbonyl (C=O) groups is 2. The maximum atomic E-state index is 14.0. The molecule has 0 aromatic carbocycles. The van der Waals surface area contributed by atoms with Crippen molar-refractivity contribution in [1.82, 2.24) is 20.1 Å². The minimum Gasteiger partial charge on any atom is -0.379 e. The van der Waals surface area contributed by atoms with Crippen LogP contribution in [0.5, 0.6) is 0 Å². The summed E-state index contributed by atoms with van der Waals surface area (Å²) >= 11 is 0. The number of nitrogens with zero attached hydrogens (tertiary/aromatic N) is 3. The molecule has 4 heterocycles. The Kier molecular flexibility index (Phi) is 6.52. The van der Waals surface area contributed by atoms with Crippen molar-refractivity contribution in [3.05, 3.63) is 29.1 Å². The summed E-state index contributed by atoms with van der Waals surface area (Å²) in [6, 6.07) is 1.33. The third-order valence-electron chi connectivity index (χ3n) is 8.19. The molecule has 5 rings (SSSR count). The topological polar surface area (TPSA) is 84.0 Å². The molecule has 2 saturated heterocycles. The number of amides is 2. The highest BCUT2D eigenvalue weighted by Gasteiger charge is 2.59. The first kappa shape index (κ1) is 24.5. The molecule has 0 radical (unpaired) electrons. The molecule has 5 atom stereocenters. The van der Waals surface area contributed by atoms with E-state index in [4.69, 9.17) is 9.47 Å². The molecule has 2 amide bonds. The van der Waals surface area contributed by atoms with Gasteiger partial charge in [-0.05, 0) is 36.8 Å². The predicted molar refractivity (Wildman–Crippen MR) is 118 cm³/mol. The van der Waals surface area contributed by atoms with Crippen molar-refractivity contribution in [2.24, 2.45) is 11.3 Å². The van der Waals surface area contributed by atoms with Crippen LogP contribution in [0.2, 0.25) is 0 Å². The first-order valence-corrected chi connectivity index (χ1v) is 12.1. The summed E-state index contributed by atoms with van der Waals surface area (Å²) in [6.45, 7) is 2.53. The van der Waals surface area contributed by atoms with E-state index < -0.39 is 17.2 Å². The van der Waals surface area contributed by atoms with Crippen LogP contribution in [0.4, 0.5) is 13.2 Å². The molecular formula is C24H31F3N4O4. The van der Waals surface area contributed by atoms with Crippen molar-refractivity contribution in [1.29, 1.82) is 0 Å². The number of likely N-dealkylation sites (tertiary alicyclic amines) is 1. The average Bonchev–Trinajstić information content (AvgIpc) is 3.37. The smallest absolute Gasteiger partial charge is 0.379 e. The van der Waals surface area contributed by atoms with Gasteiger partial charge in [-0.15, -0.1) is 0 Å². The largest absolute Gasteiger partial charge is 0.417 e. The monoisotopic (exact) mass is 496 g/mol. The number of rotatable bonds is 5. The molecule has 1 aliphatic carbocycles. The van der Waals surface area contributed by atoms with E-state index in [-0.39, 0.29) is 36.6 Å². The molecule has 4 aliphatic rings. The number of methoxy groups -OCH3 is 1. The summed E-state index contributed by atoms with van der Waals surface area (Å²) in [6.07, 6.45) is -0.317. The minimum absolute atomic E-state index is 0.000401. The van der Waals surface area contributed by atoms with Crippen LogP contribution in [-0.4, -0.2) is 85.2 Å². The highest BCUT2D eigenvalue weighted by atomic mass is 19.4. The Balaban J connectivity index is 1.35. The van der Waals surface area contributed by atoms with Crippen molar-refractivity contribution >= 4 is 12.3 Å². The molecule has 11 heteroatoms. The van der Waals surface area contributed by atoms with E-state index in [1.165, 1.54) is 0 Å². The SMILES string of the molecule is CO[C@@H]1COCC[C@@H]1N[C@@H]1C[C@H]2CN(C=O)C[C@@]2(C(=O)N2CCc3ncc(C(F)(F)F)cc3C2)C1. The van der Waals surface area contributed by atoms with Gasteiger partial charge in [-0.25, -0.2) is 0 Å². The fraction of sp³-hybridized carbons (Fsp3) is 0.708. The summed E-state index contributed by atoms with van der Waals surface area (Å²) in [5.41, 5.74) is -0.494. The van der Waals surface area contributed by atoms with E-state index in [9.17, 15) is 22.8 Å². The number of halogens is 3. The second-order valence-corrected chi connectivity index (χ2v) is 10.2. The number of hydrogen-bond acceptors (Lipinski definition) is 6. The van der Waals surface area contributed by atoms with Crippen LogP contribution in [0.1, 0.15) is 36.1 Å². The Bertz CT molecular complexity index is 977. The molecule has 0 bridgehead atoms. The summed E-state index contributed by atoms with van der Waals surface area (Å²) in [5, 5.41) is 3.68. The number of hydrogen-bond donors (Lipinski definition) is 1. The van der Waals surface area contributed by atoms with E-state index in [0.717, 1.165) is 31.5 Å². The Morgan fingerprint density at radius 1 is 1.40 bits per heavy atom. The molecule has 1 aromatic heterocycles. The third kappa shape index (κ3) is 4.53. The van der Waals surface area contributed by atoms with Gasteiger partial charge >= 0.3 is 6.18 Å². The fourth-order valence-electron chi connectivity index (χ4n) is 6.46. The summed E-state index contributed by atoms with van der Waals surface area (Å²) in [5.74, 6) is -0.0750. The van der Waals surface area contributed by atoms with Crippen molar-refractivity contribution in [2.75, 3.05) is 40.0 Å². The zero-order chi connectivity index (χ0) is 24.8. The van der Waals surface area contributed by atoms with Crippen LogP contribution in [0, 0.1) is 11.3 Å². The van der Waals surface area contributed by atoms with Crippen LogP contribution in [0.3, 0.4) is 0 Å². The van der Waals surface area contributed by atoms with Crippen LogP contribution in [0.25, 0.3) is 0 Å². The summed E-state index contributed by atoms with van der Waals surface area (Å²) in [7, 11) is 1.66. The van der Waals surface area contributed by atoms with Gasteiger partial charge < -0.3 is 24.6 Å². The lowest BCUT2D eigenvalue weighted by Crippen LogP contribution is -2.52. The van der Waals surface area contributed by atoms with Gasteiger partial charge in [0.25, 0.3) is 0 Å². The van der Waals surface area contributed by atoms with Gasteiger partial charge in [0.15, 0.2) is 0 Å². The molecule has 0 unspecified atom stereocenters. The van der Waals surface area contributed by atoms with Crippen molar-refractivity contribution in [2.45, 2.75) is 56.6 Å². The number of ether oxygens (including phenoxy) is 2. The van der Waals surface area contributed by atoms with Crippen LogP contribution >= 0.6 is 0 Å². The molecule has 192 valence electrons. The standard InChI is InChI=1S/C24H31F3N4O4/c1-34-21-12-35-5-3-20(21)29-18-7-17-11-30(14-32)13-23(17,8-18)22(33)31-4-2-19-15(10-31)6-16(9-28-19)24(25,26)27/h6,9,14,17-18,20-21,29H,2-5,7-8,10-13H2,1H3/t17-,18+,20-,21+,23-/m0/s1. The Labute approximate surface area is 202 Å². The van der Waals surface area contributed by atoms with E-state index in [1.54, 1.807) is 16.9 Å². The predicted octanol–water partition coefficient (Wildman–Crippen LogP) is 1.62. The Morgan fingerprint density at radius 3 is 2.97 bits per heavy atom. The first-order valence-electron chi connectivity index (χ1n) is 12.1. The summed E-state index contributed by atoms with van der Waals surface area (Å²) < 4.78 is 50.8. The van der Waals surface area contributed by atoms with E-state index in [1.807, 2.05) is 0 Å². The number of nitrogens with one attached hydrogen (secondary N) is 1. The van der Waals surface area contributed by atoms with Crippen LogP contribution < -0.4 is 5.32 Å². The molecule has 1 N–H and O–H groups in total. The van der Waals surface area contributed by atoms with Gasteiger partial charge in [-0.1, -0.05) is 0 Å². The molecule has 3 fully saturated rings. The van der Waals surface area contributed by atoms with Gasteiger partial charge in [0.2, 0.25) is 12.3 Å². The molecular weight excluding hydrogens is 465 g/mol. The molecule has 1 aromatic rings. The number of carbonyl (C=O) groups excluding carboxylic acids is 2. The zero-order valence-corrected chi connectivity index (χ0v) is 19.7.